The SMILES string of the molecule is CCCN(C(=O)c1ccc(S(=O)(=O)NC)o1)C1CCN(C(=O)c2ccccc2)CC1. The quantitative estimate of drug-likeness (QED) is 0.722. The zero-order chi connectivity index (χ0) is 21.7. The van der Waals surface area contributed by atoms with Gasteiger partial charge in [-0.1, -0.05) is 25.1 Å². The monoisotopic (exact) mass is 433 g/mol. The van der Waals surface area contributed by atoms with Gasteiger partial charge in [0.1, 0.15) is 0 Å². The number of carbonyl (C=O) groups is 2. The molecule has 1 fully saturated rings. The van der Waals surface area contributed by atoms with E-state index >= 15 is 0 Å². The molecule has 0 radical (unpaired) electrons. The number of amides is 2. The molecule has 0 atom stereocenters. The number of carbonyl (C=O) groups excluding carboxylic acids is 2. The summed E-state index contributed by atoms with van der Waals surface area (Å²) in [6, 6.07) is 11.8. The Morgan fingerprint density at radius 1 is 1.13 bits per heavy atom. The lowest BCUT2D eigenvalue weighted by Gasteiger charge is -2.38. The molecule has 8 nitrogen and oxygen atoms in total. The Balaban J connectivity index is 1.69. The highest BCUT2D eigenvalue weighted by atomic mass is 32.2. The predicted octanol–water partition coefficient (Wildman–Crippen LogP) is 2.34. The second kappa shape index (κ2) is 9.44. The average Bonchev–Trinajstić information content (AvgIpc) is 3.29. The summed E-state index contributed by atoms with van der Waals surface area (Å²) in [4.78, 5) is 29.2. The van der Waals surface area contributed by atoms with E-state index in [0.29, 0.717) is 38.0 Å². The molecule has 1 aromatic carbocycles. The maximum absolute atomic E-state index is 13.0. The summed E-state index contributed by atoms with van der Waals surface area (Å²) in [5, 5.41) is -0.284. The van der Waals surface area contributed by atoms with Crippen molar-refractivity contribution in [3.8, 4) is 0 Å². The summed E-state index contributed by atoms with van der Waals surface area (Å²) in [5.41, 5.74) is 0.659. The molecule has 0 bridgehead atoms. The van der Waals surface area contributed by atoms with Crippen LogP contribution in [0, 0.1) is 0 Å². The number of hydrogen-bond acceptors (Lipinski definition) is 5. The van der Waals surface area contributed by atoms with Crippen LogP contribution in [0.3, 0.4) is 0 Å². The number of likely N-dealkylation sites (tertiary alicyclic amines) is 1. The fourth-order valence-corrected chi connectivity index (χ4v) is 4.30. The van der Waals surface area contributed by atoms with Crippen LogP contribution in [0.15, 0.2) is 52.0 Å². The summed E-state index contributed by atoms with van der Waals surface area (Å²) < 4.78 is 31.3. The van der Waals surface area contributed by atoms with E-state index in [0.717, 1.165) is 6.42 Å². The van der Waals surface area contributed by atoms with Gasteiger partial charge in [0.15, 0.2) is 5.76 Å². The number of sulfonamides is 1. The van der Waals surface area contributed by atoms with Crippen molar-refractivity contribution >= 4 is 21.8 Å². The summed E-state index contributed by atoms with van der Waals surface area (Å²) >= 11 is 0. The van der Waals surface area contributed by atoms with E-state index in [9.17, 15) is 18.0 Å². The van der Waals surface area contributed by atoms with Crippen LogP contribution in [0.2, 0.25) is 0 Å². The van der Waals surface area contributed by atoms with Gasteiger partial charge in [-0.3, -0.25) is 9.59 Å². The van der Waals surface area contributed by atoms with Gasteiger partial charge in [-0.15, -0.1) is 0 Å². The Morgan fingerprint density at radius 3 is 2.40 bits per heavy atom. The number of piperidine rings is 1. The first-order valence-corrected chi connectivity index (χ1v) is 11.5. The van der Waals surface area contributed by atoms with Crippen molar-refractivity contribution in [3.63, 3.8) is 0 Å². The average molecular weight is 434 g/mol. The lowest BCUT2D eigenvalue weighted by atomic mass is 10.0. The Bertz CT molecular complexity index is 979. The normalized spacial score (nSPS) is 15.2. The number of benzene rings is 1. The van der Waals surface area contributed by atoms with Crippen LogP contribution in [0.5, 0.6) is 0 Å². The molecule has 0 spiro atoms. The maximum atomic E-state index is 13.0. The number of nitrogens with one attached hydrogen (secondary N) is 1. The highest BCUT2D eigenvalue weighted by Gasteiger charge is 2.32. The zero-order valence-corrected chi connectivity index (χ0v) is 18.0. The Hall–Kier alpha value is -2.65. The lowest BCUT2D eigenvalue weighted by Crippen LogP contribution is -2.49. The van der Waals surface area contributed by atoms with E-state index in [4.69, 9.17) is 4.42 Å². The molecule has 0 unspecified atom stereocenters. The van der Waals surface area contributed by atoms with Crippen molar-refractivity contribution in [2.75, 3.05) is 26.7 Å². The third kappa shape index (κ3) is 4.73. The van der Waals surface area contributed by atoms with Crippen LogP contribution in [-0.2, 0) is 10.0 Å². The van der Waals surface area contributed by atoms with Gasteiger partial charge in [0.25, 0.3) is 21.8 Å². The van der Waals surface area contributed by atoms with Crippen LogP contribution < -0.4 is 4.72 Å². The van der Waals surface area contributed by atoms with Crippen molar-refractivity contribution in [2.45, 2.75) is 37.3 Å². The molecule has 9 heteroatoms. The molecule has 1 N–H and O–H groups in total. The third-order valence-corrected chi connectivity index (χ3v) is 6.55. The van der Waals surface area contributed by atoms with Crippen molar-refractivity contribution in [1.29, 1.82) is 0 Å². The minimum Gasteiger partial charge on any atom is -0.438 e. The minimum absolute atomic E-state index is 0.0000616. The van der Waals surface area contributed by atoms with Crippen LogP contribution in [0.25, 0.3) is 0 Å². The molecular formula is C21H27N3O5S. The summed E-state index contributed by atoms with van der Waals surface area (Å²) in [5.74, 6) is -0.335. The van der Waals surface area contributed by atoms with Crippen LogP contribution in [-0.4, -0.2) is 62.8 Å². The molecule has 162 valence electrons. The van der Waals surface area contributed by atoms with E-state index < -0.39 is 10.0 Å². The maximum Gasteiger partial charge on any atom is 0.289 e. The van der Waals surface area contributed by atoms with Gasteiger partial charge in [0.2, 0.25) is 5.09 Å². The fraction of sp³-hybridized carbons (Fsp3) is 0.429. The number of nitrogens with zero attached hydrogens (tertiary/aromatic N) is 2. The van der Waals surface area contributed by atoms with Crippen molar-refractivity contribution in [3.05, 3.63) is 53.8 Å². The molecule has 2 amide bonds. The first kappa shape index (κ1) is 22.0. The first-order chi connectivity index (χ1) is 14.4. The van der Waals surface area contributed by atoms with Crippen molar-refractivity contribution in [1.82, 2.24) is 14.5 Å². The summed E-state index contributed by atoms with van der Waals surface area (Å²) in [6.07, 6.45) is 2.08. The van der Waals surface area contributed by atoms with Crippen LogP contribution >= 0.6 is 0 Å². The largest absolute Gasteiger partial charge is 0.438 e. The molecule has 30 heavy (non-hydrogen) atoms. The fourth-order valence-electron chi connectivity index (χ4n) is 3.66. The zero-order valence-electron chi connectivity index (χ0n) is 17.2. The molecule has 1 aromatic heterocycles. The highest BCUT2D eigenvalue weighted by molar-refractivity contribution is 7.89. The number of furan rings is 1. The van der Waals surface area contributed by atoms with Gasteiger partial charge in [0.05, 0.1) is 0 Å². The van der Waals surface area contributed by atoms with Gasteiger partial charge in [-0.25, -0.2) is 13.1 Å². The van der Waals surface area contributed by atoms with E-state index in [1.165, 1.54) is 19.2 Å². The van der Waals surface area contributed by atoms with Gasteiger partial charge >= 0.3 is 0 Å². The predicted molar refractivity (Wildman–Crippen MR) is 112 cm³/mol. The minimum atomic E-state index is -3.75. The lowest BCUT2D eigenvalue weighted by molar-refractivity contribution is 0.0494. The third-order valence-electron chi connectivity index (χ3n) is 5.26. The molecule has 1 saturated heterocycles. The topological polar surface area (TPSA) is 99.9 Å². The Morgan fingerprint density at radius 2 is 1.80 bits per heavy atom. The molecule has 0 saturated carbocycles. The van der Waals surface area contributed by atoms with Crippen molar-refractivity contribution in [2.24, 2.45) is 0 Å². The number of hydrogen-bond donors (Lipinski definition) is 1. The van der Waals surface area contributed by atoms with Crippen molar-refractivity contribution < 1.29 is 22.4 Å². The second-order valence-corrected chi connectivity index (χ2v) is 9.03. The smallest absolute Gasteiger partial charge is 0.289 e. The van der Waals surface area contributed by atoms with Gasteiger partial charge < -0.3 is 14.2 Å². The molecule has 1 aliphatic rings. The standard InChI is InChI=1S/C21H27N3O5S/c1-3-13-24(21(26)18-9-10-19(29-18)30(27,28)22-2)17-11-14-23(15-12-17)20(25)16-7-5-4-6-8-16/h4-10,17,22H,3,11-15H2,1-2H3. The highest BCUT2D eigenvalue weighted by Crippen LogP contribution is 2.22. The van der Waals surface area contributed by atoms with Gasteiger partial charge in [-0.2, -0.15) is 0 Å². The molecule has 2 heterocycles. The molecule has 1 aliphatic heterocycles. The van der Waals surface area contributed by atoms with Crippen LogP contribution in [0.4, 0.5) is 0 Å². The molecule has 2 aromatic rings. The molecule has 3 rings (SSSR count). The van der Waals surface area contributed by atoms with E-state index in [2.05, 4.69) is 4.72 Å². The Labute approximate surface area is 176 Å². The summed E-state index contributed by atoms with van der Waals surface area (Å²) in [6.45, 7) is 3.63. The van der Waals surface area contributed by atoms with E-state index in [-0.39, 0.29) is 28.7 Å². The first-order valence-electron chi connectivity index (χ1n) is 10.1. The van der Waals surface area contributed by atoms with E-state index in [1.807, 2.05) is 30.0 Å². The second-order valence-electron chi connectivity index (χ2n) is 7.21. The van der Waals surface area contributed by atoms with Crippen LogP contribution in [0.1, 0.15) is 47.1 Å². The Kier molecular flexibility index (Phi) is 6.94. The number of rotatable bonds is 7. The molecular weight excluding hydrogens is 406 g/mol. The van der Waals surface area contributed by atoms with E-state index in [1.54, 1.807) is 17.0 Å². The van der Waals surface area contributed by atoms with Gasteiger partial charge in [-0.05, 0) is 50.6 Å². The summed E-state index contributed by atoms with van der Waals surface area (Å²) in [7, 11) is -2.46. The molecule has 0 aliphatic carbocycles. The van der Waals surface area contributed by atoms with Gasteiger partial charge in [0, 0.05) is 31.2 Å².